The average molecular weight is 133 g/mol. The topological polar surface area (TPSA) is 23.9 Å². The van der Waals surface area contributed by atoms with Crippen LogP contribution < -0.4 is 0 Å². The monoisotopic (exact) mass is 133 g/mol. The highest BCUT2D eigenvalue weighted by Gasteiger charge is 2.44. The van der Waals surface area contributed by atoms with Gasteiger partial charge in [0.05, 0.1) is 0 Å². The molecule has 0 saturated heterocycles. The van der Waals surface area contributed by atoms with Gasteiger partial charge in [-0.15, -0.1) is 0 Å². The summed E-state index contributed by atoms with van der Waals surface area (Å²) in [4.78, 5) is 0. The number of nitrogens with one attached hydrogen (secondary N) is 1. The van der Waals surface area contributed by atoms with Crippen LogP contribution >= 0.6 is 0 Å². The van der Waals surface area contributed by atoms with Crippen molar-refractivity contribution in [2.45, 2.75) is 25.2 Å². The molecule has 9 heavy (non-hydrogen) atoms. The van der Waals surface area contributed by atoms with Gasteiger partial charge in [0.15, 0.2) is 0 Å². The van der Waals surface area contributed by atoms with Crippen molar-refractivity contribution in [3.05, 3.63) is 0 Å². The van der Waals surface area contributed by atoms with E-state index in [0.29, 0.717) is 6.42 Å². The summed E-state index contributed by atoms with van der Waals surface area (Å²) in [6.45, 7) is 0. The number of alkyl halides is 2. The number of rotatable bonds is 2. The summed E-state index contributed by atoms with van der Waals surface area (Å²) in [7, 11) is 0. The molecule has 0 bridgehead atoms. The molecule has 0 heterocycles. The van der Waals surface area contributed by atoms with E-state index >= 15 is 0 Å². The summed E-state index contributed by atoms with van der Waals surface area (Å²) in [6.07, 6.45) is 1.71. The third kappa shape index (κ3) is 1.47. The zero-order chi connectivity index (χ0) is 6.91. The fourth-order valence-corrected chi connectivity index (χ4v) is 1.12. The van der Waals surface area contributed by atoms with Crippen molar-refractivity contribution in [3.63, 3.8) is 0 Å². The first-order valence-electron chi connectivity index (χ1n) is 3.01. The molecule has 3 heteroatoms. The molecule has 1 N–H and O–H groups in total. The molecule has 1 aliphatic carbocycles. The highest BCUT2D eigenvalue weighted by molar-refractivity contribution is 5.53. The number of hydrogen-bond acceptors (Lipinski definition) is 1. The van der Waals surface area contributed by atoms with Crippen LogP contribution in [0.25, 0.3) is 0 Å². The van der Waals surface area contributed by atoms with Gasteiger partial charge in [0.1, 0.15) is 0 Å². The van der Waals surface area contributed by atoms with Gasteiger partial charge < -0.3 is 5.41 Å². The molecule has 0 atom stereocenters. The van der Waals surface area contributed by atoms with Gasteiger partial charge >= 0.3 is 0 Å². The van der Waals surface area contributed by atoms with E-state index in [1.807, 2.05) is 0 Å². The molecule has 0 amide bonds. The molecule has 1 saturated carbocycles. The lowest BCUT2D eigenvalue weighted by Crippen LogP contribution is -2.35. The molecule has 0 radical (unpaired) electrons. The molecule has 0 unspecified atom stereocenters. The predicted octanol–water partition coefficient (Wildman–Crippen LogP) is 2.07. The molecule has 0 aromatic carbocycles. The maximum absolute atomic E-state index is 12.0. The minimum atomic E-state index is -2.41. The Labute approximate surface area is 52.6 Å². The molecule has 0 aliphatic heterocycles. The Hall–Kier alpha value is -0.470. The molecule has 1 aliphatic rings. The molecule has 1 rings (SSSR count). The second-order valence-electron chi connectivity index (χ2n) is 2.57. The van der Waals surface area contributed by atoms with Crippen molar-refractivity contribution in [2.24, 2.45) is 5.92 Å². The first-order valence-corrected chi connectivity index (χ1v) is 3.01. The summed E-state index contributed by atoms with van der Waals surface area (Å²) >= 11 is 0. The summed E-state index contributed by atoms with van der Waals surface area (Å²) in [5.41, 5.74) is 0. The van der Waals surface area contributed by atoms with E-state index < -0.39 is 5.92 Å². The molecule has 0 aromatic rings. The highest BCUT2D eigenvalue weighted by Crippen LogP contribution is 2.43. The van der Waals surface area contributed by atoms with Crippen molar-refractivity contribution < 1.29 is 8.78 Å². The molecular formula is C6H9F2N. The van der Waals surface area contributed by atoms with Crippen molar-refractivity contribution in [3.8, 4) is 0 Å². The van der Waals surface area contributed by atoms with Crippen LogP contribution in [0.2, 0.25) is 0 Å². The standard InChI is InChI=1S/C6H9F2N/c7-6(8)3-5(4-6)1-2-9/h2,5,9H,1,3-4H2. The summed E-state index contributed by atoms with van der Waals surface area (Å²) in [5, 5.41) is 6.63. The third-order valence-electron chi connectivity index (χ3n) is 1.63. The summed E-state index contributed by atoms with van der Waals surface area (Å²) < 4.78 is 24.1. The normalized spacial score (nSPS) is 25.1. The Morgan fingerprint density at radius 2 is 2.11 bits per heavy atom. The van der Waals surface area contributed by atoms with Gasteiger partial charge in [0.2, 0.25) is 5.92 Å². The van der Waals surface area contributed by atoms with Gasteiger partial charge in [-0.05, 0) is 18.6 Å². The van der Waals surface area contributed by atoms with Crippen LogP contribution in [0, 0.1) is 11.3 Å². The largest absolute Gasteiger partial charge is 0.313 e. The van der Waals surface area contributed by atoms with E-state index in [-0.39, 0.29) is 18.8 Å². The van der Waals surface area contributed by atoms with Crippen LogP contribution in [0.1, 0.15) is 19.3 Å². The van der Waals surface area contributed by atoms with E-state index in [1.54, 1.807) is 0 Å². The molecule has 1 nitrogen and oxygen atoms in total. The lowest BCUT2D eigenvalue weighted by atomic mass is 9.79. The van der Waals surface area contributed by atoms with Crippen LogP contribution in [0.5, 0.6) is 0 Å². The average Bonchev–Trinajstić information content (AvgIpc) is 1.62. The zero-order valence-electron chi connectivity index (χ0n) is 5.03. The summed E-state index contributed by atoms with van der Waals surface area (Å²) in [5.74, 6) is -2.33. The Balaban J connectivity index is 2.19. The molecule has 1 fully saturated rings. The van der Waals surface area contributed by atoms with E-state index in [1.165, 1.54) is 6.21 Å². The van der Waals surface area contributed by atoms with Gasteiger partial charge in [-0.1, -0.05) is 0 Å². The maximum atomic E-state index is 12.0. The van der Waals surface area contributed by atoms with Crippen molar-refractivity contribution in [2.75, 3.05) is 0 Å². The maximum Gasteiger partial charge on any atom is 0.248 e. The molecule has 0 spiro atoms. The zero-order valence-corrected chi connectivity index (χ0v) is 5.03. The second kappa shape index (κ2) is 2.05. The van der Waals surface area contributed by atoms with Crippen LogP contribution in [-0.4, -0.2) is 12.1 Å². The minimum absolute atomic E-state index is 0.0115. The van der Waals surface area contributed by atoms with Crippen LogP contribution in [0.15, 0.2) is 0 Å². The van der Waals surface area contributed by atoms with Gasteiger partial charge in [0.25, 0.3) is 0 Å². The van der Waals surface area contributed by atoms with Crippen molar-refractivity contribution in [1.82, 2.24) is 0 Å². The van der Waals surface area contributed by atoms with Crippen LogP contribution in [0.4, 0.5) is 8.78 Å². The first kappa shape index (κ1) is 6.65. The summed E-state index contributed by atoms with van der Waals surface area (Å²) in [6, 6.07) is 0. The lowest BCUT2D eigenvalue weighted by Gasteiger charge is -2.33. The fourth-order valence-electron chi connectivity index (χ4n) is 1.12. The second-order valence-corrected chi connectivity index (χ2v) is 2.57. The molecule has 52 valence electrons. The smallest absolute Gasteiger partial charge is 0.248 e. The van der Waals surface area contributed by atoms with Gasteiger partial charge in [0, 0.05) is 12.8 Å². The molecule has 0 aromatic heterocycles. The minimum Gasteiger partial charge on any atom is -0.313 e. The van der Waals surface area contributed by atoms with E-state index in [2.05, 4.69) is 0 Å². The SMILES string of the molecule is N=CCC1CC(F)(F)C1. The fraction of sp³-hybridized carbons (Fsp3) is 0.833. The van der Waals surface area contributed by atoms with Gasteiger partial charge in [-0.25, -0.2) is 8.78 Å². The lowest BCUT2D eigenvalue weighted by molar-refractivity contribution is -0.107. The Bertz CT molecular complexity index is 114. The van der Waals surface area contributed by atoms with Gasteiger partial charge in [-0.3, -0.25) is 0 Å². The van der Waals surface area contributed by atoms with E-state index in [9.17, 15) is 8.78 Å². The Morgan fingerprint density at radius 1 is 1.56 bits per heavy atom. The van der Waals surface area contributed by atoms with Crippen LogP contribution in [0.3, 0.4) is 0 Å². The van der Waals surface area contributed by atoms with E-state index in [4.69, 9.17) is 5.41 Å². The van der Waals surface area contributed by atoms with E-state index in [0.717, 1.165) is 0 Å². The Kier molecular flexibility index (Phi) is 1.51. The van der Waals surface area contributed by atoms with Gasteiger partial charge in [-0.2, -0.15) is 0 Å². The quantitative estimate of drug-likeness (QED) is 0.557. The first-order chi connectivity index (χ1) is 4.14. The van der Waals surface area contributed by atoms with Crippen molar-refractivity contribution in [1.29, 1.82) is 5.41 Å². The third-order valence-corrected chi connectivity index (χ3v) is 1.63. The Morgan fingerprint density at radius 3 is 2.44 bits per heavy atom. The van der Waals surface area contributed by atoms with Crippen molar-refractivity contribution >= 4 is 6.21 Å². The predicted molar refractivity (Wildman–Crippen MR) is 31.1 cm³/mol. The molecular weight excluding hydrogens is 124 g/mol. The highest BCUT2D eigenvalue weighted by atomic mass is 19.3. The van der Waals surface area contributed by atoms with Crippen LogP contribution in [-0.2, 0) is 0 Å². The number of halogens is 2. The number of hydrogen-bond donors (Lipinski definition) is 1.